The number of hydrogen-bond acceptors (Lipinski definition) is 3. The average Bonchev–Trinajstić information content (AvgIpc) is 2.24. The van der Waals surface area contributed by atoms with Crippen LogP contribution >= 0.6 is 0 Å². The molecule has 1 aromatic rings. The Morgan fingerprint density at radius 1 is 1.22 bits per heavy atom. The van der Waals surface area contributed by atoms with Gasteiger partial charge in [0, 0.05) is 6.04 Å². The van der Waals surface area contributed by atoms with Gasteiger partial charge in [-0.25, -0.2) is 0 Å². The zero-order valence-corrected chi connectivity index (χ0v) is 10.3. The van der Waals surface area contributed by atoms with Gasteiger partial charge in [-0.2, -0.15) is 0 Å². The Bertz CT molecular complexity index is 472. The molecular weight excluding hydrogens is 228 g/mol. The molecule has 2 saturated carbocycles. The SMILES string of the molecule is NC(=O)c1ccccc1O[C@H]1CC2(C[C@@H](N)C2)C1. The third kappa shape index (κ3) is 1.86. The number of carbonyl (C=O) groups is 1. The van der Waals surface area contributed by atoms with Crippen LogP contribution in [0, 0.1) is 5.41 Å². The van der Waals surface area contributed by atoms with Gasteiger partial charge in [-0.05, 0) is 43.2 Å². The van der Waals surface area contributed by atoms with Crippen LogP contribution < -0.4 is 16.2 Å². The molecule has 0 saturated heterocycles. The lowest BCUT2D eigenvalue weighted by Gasteiger charge is -2.56. The molecule has 0 aromatic heterocycles. The highest BCUT2D eigenvalue weighted by Gasteiger charge is 2.52. The van der Waals surface area contributed by atoms with Gasteiger partial charge in [0.15, 0.2) is 0 Å². The molecule has 0 heterocycles. The molecule has 1 aromatic carbocycles. The van der Waals surface area contributed by atoms with E-state index in [1.54, 1.807) is 18.2 Å². The minimum atomic E-state index is -0.440. The average molecular weight is 246 g/mol. The quantitative estimate of drug-likeness (QED) is 0.847. The van der Waals surface area contributed by atoms with Gasteiger partial charge in [0.1, 0.15) is 5.75 Å². The van der Waals surface area contributed by atoms with Crippen molar-refractivity contribution in [1.82, 2.24) is 0 Å². The Hall–Kier alpha value is -1.55. The van der Waals surface area contributed by atoms with Crippen molar-refractivity contribution in [2.75, 3.05) is 0 Å². The summed E-state index contributed by atoms with van der Waals surface area (Å²) in [6.45, 7) is 0. The van der Waals surface area contributed by atoms with Gasteiger partial charge in [-0.1, -0.05) is 12.1 Å². The second-order valence-electron chi connectivity index (χ2n) is 5.68. The number of hydrogen-bond donors (Lipinski definition) is 2. The van der Waals surface area contributed by atoms with E-state index in [0.717, 1.165) is 25.7 Å². The van der Waals surface area contributed by atoms with Crippen molar-refractivity contribution in [1.29, 1.82) is 0 Å². The Balaban J connectivity index is 1.63. The number of para-hydroxylation sites is 1. The van der Waals surface area contributed by atoms with E-state index < -0.39 is 5.91 Å². The van der Waals surface area contributed by atoms with Crippen molar-refractivity contribution in [3.63, 3.8) is 0 Å². The van der Waals surface area contributed by atoms with Crippen molar-refractivity contribution in [2.45, 2.75) is 37.8 Å². The highest BCUT2D eigenvalue weighted by Crippen LogP contribution is 2.56. The molecule has 0 bridgehead atoms. The number of rotatable bonds is 3. The van der Waals surface area contributed by atoms with Crippen LogP contribution in [0.4, 0.5) is 0 Å². The number of nitrogens with two attached hydrogens (primary N) is 2. The van der Waals surface area contributed by atoms with Gasteiger partial charge in [0.2, 0.25) is 0 Å². The van der Waals surface area contributed by atoms with Crippen molar-refractivity contribution >= 4 is 5.91 Å². The number of benzene rings is 1. The molecule has 18 heavy (non-hydrogen) atoms. The molecule has 4 heteroatoms. The first kappa shape index (κ1) is 11.5. The Kier molecular flexibility index (Phi) is 2.55. The number of carbonyl (C=O) groups excluding carboxylic acids is 1. The first-order valence-electron chi connectivity index (χ1n) is 6.39. The molecule has 0 atom stereocenters. The summed E-state index contributed by atoms with van der Waals surface area (Å²) in [5, 5.41) is 0. The Morgan fingerprint density at radius 2 is 1.89 bits per heavy atom. The molecule has 3 rings (SSSR count). The minimum Gasteiger partial charge on any atom is -0.490 e. The molecule has 2 aliphatic rings. The molecule has 0 unspecified atom stereocenters. The van der Waals surface area contributed by atoms with Gasteiger partial charge in [0.05, 0.1) is 11.7 Å². The molecule has 2 aliphatic carbocycles. The zero-order valence-electron chi connectivity index (χ0n) is 10.3. The van der Waals surface area contributed by atoms with Crippen molar-refractivity contribution in [3.8, 4) is 5.75 Å². The van der Waals surface area contributed by atoms with Crippen LogP contribution in [-0.2, 0) is 0 Å². The van der Waals surface area contributed by atoms with Crippen LogP contribution in [0.3, 0.4) is 0 Å². The predicted octanol–water partition coefficient (Wildman–Crippen LogP) is 1.43. The summed E-state index contributed by atoms with van der Waals surface area (Å²) < 4.78 is 5.87. The third-order valence-corrected chi connectivity index (χ3v) is 4.16. The highest BCUT2D eigenvalue weighted by atomic mass is 16.5. The van der Waals surface area contributed by atoms with E-state index in [0.29, 0.717) is 22.8 Å². The van der Waals surface area contributed by atoms with Gasteiger partial charge < -0.3 is 16.2 Å². The standard InChI is InChI=1S/C14H18N2O2/c15-9-5-14(6-9)7-10(8-14)18-12-4-2-1-3-11(12)13(16)17/h1-4,9-10H,5-8,15H2,(H2,16,17)/t9-,10-,14?. The van der Waals surface area contributed by atoms with Gasteiger partial charge in [-0.15, -0.1) is 0 Å². The van der Waals surface area contributed by atoms with Crippen LogP contribution in [0.1, 0.15) is 36.0 Å². The maximum absolute atomic E-state index is 11.3. The molecule has 2 fully saturated rings. The first-order chi connectivity index (χ1) is 8.58. The molecule has 0 aliphatic heterocycles. The largest absolute Gasteiger partial charge is 0.490 e. The summed E-state index contributed by atoms with van der Waals surface area (Å²) >= 11 is 0. The molecular formula is C14H18N2O2. The minimum absolute atomic E-state index is 0.206. The smallest absolute Gasteiger partial charge is 0.252 e. The van der Waals surface area contributed by atoms with Crippen LogP contribution in [0.2, 0.25) is 0 Å². The maximum Gasteiger partial charge on any atom is 0.252 e. The van der Waals surface area contributed by atoms with Crippen LogP contribution in [0.25, 0.3) is 0 Å². The van der Waals surface area contributed by atoms with Crippen molar-refractivity contribution < 1.29 is 9.53 Å². The predicted molar refractivity (Wildman–Crippen MR) is 68.3 cm³/mol. The third-order valence-electron chi connectivity index (χ3n) is 4.16. The molecule has 1 spiro atoms. The maximum atomic E-state index is 11.3. The molecule has 0 radical (unpaired) electrons. The zero-order chi connectivity index (χ0) is 12.8. The summed E-state index contributed by atoms with van der Waals surface area (Å²) in [6.07, 6.45) is 4.54. The van der Waals surface area contributed by atoms with E-state index in [-0.39, 0.29) is 6.10 Å². The number of amides is 1. The van der Waals surface area contributed by atoms with E-state index in [4.69, 9.17) is 16.2 Å². The summed E-state index contributed by atoms with van der Waals surface area (Å²) in [4.78, 5) is 11.3. The fourth-order valence-electron chi connectivity index (χ4n) is 3.33. The first-order valence-corrected chi connectivity index (χ1v) is 6.39. The van der Waals surface area contributed by atoms with E-state index in [1.165, 1.54) is 0 Å². The van der Waals surface area contributed by atoms with Gasteiger partial charge in [-0.3, -0.25) is 4.79 Å². The Morgan fingerprint density at radius 3 is 2.50 bits per heavy atom. The van der Waals surface area contributed by atoms with E-state index >= 15 is 0 Å². The van der Waals surface area contributed by atoms with E-state index in [1.807, 2.05) is 6.07 Å². The fourth-order valence-corrected chi connectivity index (χ4v) is 3.33. The number of primary amides is 1. The Labute approximate surface area is 106 Å². The van der Waals surface area contributed by atoms with Gasteiger partial charge in [0.25, 0.3) is 5.91 Å². The monoisotopic (exact) mass is 246 g/mol. The summed E-state index contributed by atoms with van der Waals surface area (Å²) in [5.74, 6) is 0.166. The summed E-state index contributed by atoms with van der Waals surface area (Å²) in [6, 6.07) is 7.53. The molecule has 4 N–H and O–H groups in total. The lowest BCUT2D eigenvalue weighted by atomic mass is 9.53. The fraction of sp³-hybridized carbons (Fsp3) is 0.500. The summed E-state index contributed by atoms with van der Waals surface area (Å²) in [7, 11) is 0. The number of ether oxygens (including phenoxy) is 1. The van der Waals surface area contributed by atoms with Crippen molar-refractivity contribution in [2.24, 2.45) is 16.9 Å². The molecule has 1 amide bonds. The van der Waals surface area contributed by atoms with E-state index in [2.05, 4.69) is 0 Å². The lowest BCUT2D eigenvalue weighted by molar-refractivity contribution is -0.0782. The van der Waals surface area contributed by atoms with Crippen LogP contribution in [0.5, 0.6) is 5.75 Å². The summed E-state index contributed by atoms with van der Waals surface area (Å²) in [5.41, 5.74) is 12.0. The molecule has 96 valence electrons. The molecule has 4 nitrogen and oxygen atoms in total. The lowest BCUT2D eigenvalue weighted by Crippen LogP contribution is -2.56. The van der Waals surface area contributed by atoms with Gasteiger partial charge >= 0.3 is 0 Å². The van der Waals surface area contributed by atoms with Crippen LogP contribution in [-0.4, -0.2) is 18.1 Å². The van der Waals surface area contributed by atoms with Crippen LogP contribution in [0.15, 0.2) is 24.3 Å². The topological polar surface area (TPSA) is 78.3 Å². The normalized spacial score (nSPS) is 33.6. The second kappa shape index (κ2) is 3.99. The van der Waals surface area contributed by atoms with Crippen molar-refractivity contribution in [3.05, 3.63) is 29.8 Å². The highest BCUT2D eigenvalue weighted by molar-refractivity contribution is 5.95. The van der Waals surface area contributed by atoms with E-state index in [9.17, 15) is 4.79 Å². The second-order valence-corrected chi connectivity index (χ2v) is 5.68.